The molecule has 0 aromatic heterocycles. The van der Waals surface area contributed by atoms with E-state index in [2.05, 4.69) is 43.1 Å². The number of alkyl halides is 3. The minimum absolute atomic E-state index is 0. The fourth-order valence-electron chi connectivity index (χ4n) is 3.06. The Kier molecular flexibility index (Phi) is 9.81. The van der Waals surface area contributed by atoms with Gasteiger partial charge in [0.15, 0.2) is 0 Å². The maximum Gasteiger partial charge on any atom is 0.389 e. The monoisotopic (exact) mass is 400 g/mol. The molecule has 0 unspecified atom stereocenters. The van der Waals surface area contributed by atoms with Crippen LogP contribution in [-0.2, 0) is 5.41 Å². The van der Waals surface area contributed by atoms with Crippen molar-refractivity contribution in [2.45, 2.75) is 51.2 Å². The molecule has 146 valence electrons. The van der Waals surface area contributed by atoms with Crippen molar-refractivity contribution in [2.24, 2.45) is 0 Å². The lowest BCUT2D eigenvalue weighted by atomic mass is 9.86. The number of hydrogen-bond donors (Lipinski definition) is 1. The Bertz CT molecular complexity index is 493. The summed E-state index contributed by atoms with van der Waals surface area (Å²) in [5.74, 6) is 0. The van der Waals surface area contributed by atoms with Crippen LogP contribution in [0.4, 0.5) is 13.2 Å². The highest BCUT2D eigenvalue weighted by atomic mass is 35.5. The molecule has 0 aliphatic carbocycles. The zero-order valence-electron chi connectivity index (χ0n) is 15.0. The lowest BCUT2D eigenvalue weighted by Gasteiger charge is -2.35. The van der Waals surface area contributed by atoms with Crippen molar-refractivity contribution in [3.8, 4) is 0 Å². The molecule has 1 atom stereocenters. The molecule has 1 aliphatic heterocycles. The number of halogens is 5. The van der Waals surface area contributed by atoms with E-state index in [0.717, 1.165) is 31.7 Å². The van der Waals surface area contributed by atoms with Gasteiger partial charge in [0.2, 0.25) is 0 Å². The fourth-order valence-corrected chi connectivity index (χ4v) is 3.06. The predicted octanol–water partition coefficient (Wildman–Crippen LogP) is 5.12. The Balaban J connectivity index is 0.00000288. The molecule has 25 heavy (non-hydrogen) atoms. The normalized spacial score (nSPS) is 17.4. The molecule has 1 aliphatic rings. The molecule has 7 heteroatoms. The average Bonchev–Trinajstić information content (AvgIpc) is 2.47. The number of rotatable bonds is 4. The second-order valence-corrected chi connectivity index (χ2v) is 7.33. The van der Waals surface area contributed by atoms with Crippen molar-refractivity contribution in [1.82, 2.24) is 10.2 Å². The molecule has 1 aromatic rings. The third kappa shape index (κ3) is 7.73. The first-order valence-electron chi connectivity index (χ1n) is 8.29. The summed E-state index contributed by atoms with van der Waals surface area (Å²) in [6, 6.07) is 7.96. The van der Waals surface area contributed by atoms with Gasteiger partial charge in [-0.1, -0.05) is 45.0 Å². The van der Waals surface area contributed by atoms with Crippen LogP contribution in [0.15, 0.2) is 24.3 Å². The highest BCUT2D eigenvalue weighted by Crippen LogP contribution is 2.33. The number of hydrogen-bond acceptors (Lipinski definition) is 2. The predicted molar refractivity (Wildman–Crippen MR) is 102 cm³/mol. The topological polar surface area (TPSA) is 15.3 Å². The second kappa shape index (κ2) is 10.0. The quantitative estimate of drug-likeness (QED) is 0.754. The molecular formula is C18H29Cl2F3N2. The van der Waals surface area contributed by atoms with Gasteiger partial charge in [-0.25, -0.2) is 0 Å². The summed E-state index contributed by atoms with van der Waals surface area (Å²) in [7, 11) is 0. The first kappa shape index (κ1) is 24.5. The van der Waals surface area contributed by atoms with Gasteiger partial charge in [0.25, 0.3) is 0 Å². The molecule has 1 saturated heterocycles. The highest BCUT2D eigenvalue weighted by molar-refractivity contribution is 5.85. The Morgan fingerprint density at radius 1 is 1.00 bits per heavy atom. The molecule has 2 rings (SSSR count). The number of nitrogens with one attached hydrogen (secondary N) is 1. The smallest absolute Gasteiger partial charge is 0.314 e. The van der Waals surface area contributed by atoms with Crippen molar-refractivity contribution in [2.75, 3.05) is 26.2 Å². The lowest BCUT2D eigenvalue weighted by molar-refractivity contribution is -0.138. The van der Waals surface area contributed by atoms with Gasteiger partial charge in [-0.05, 0) is 23.0 Å². The third-order valence-corrected chi connectivity index (χ3v) is 4.46. The van der Waals surface area contributed by atoms with Gasteiger partial charge in [0.1, 0.15) is 0 Å². The van der Waals surface area contributed by atoms with Crippen LogP contribution in [0.2, 0.25) is 0 Å². The van der Waals surface area contributed by atoms with Gasteiger partial charge in [0.05, 0.1) is 0 Å². The lowest BCUT2D eigenvalue weighted by Crippen LogP contribution is -2.45. The van der Waals surface area contributed by atoms with Gasteiger partial charge in [0, 0.05) is 38.6 Å². The summed E-state index contributed by atoms with van der Waals surface area (Å²) in [6.07, 6.45) is -4.71. The highest BCUT2D eigenvalue weighted by Gasteiger charge is 2.31. The molecule has 1 aromatic carbocycles. The van der Waals surface area contributed by atoms with Crippen LogP contribution in [0, 0.1) is 0 Å². The van der Waals surface area contributed by atoms with E-state index in [-0.39, 0.29) is 42.7 Å². The first-order valence-corrected chi connectivity index (χ1v) is 8.29. The van der Waals surface area contributed by atoms with Crippen LogP contribution < -0.4 is 5.32 Å². The molecule has 0 radical (unpaired) electrons. The van der Waals surface area contributed by atoms with E-state index in [0.29, 0.717) is 0 Å². The average molecular weight is 401 g/mol. The summed E-state index contributed by atoms with van der Waals surface area (Å²) in [5, 5.41) is 3.26. The van der Waals surface area contributed by atoms with Gasteiger partial charge < -0.3 is 5.32 Å². The number of benzene rings is 1. The van der Waals surface area contributed by atoms with Crippen LogP contribution >= 0.6 is 24.8 Å². The van der Waals surface area contributed by atoms with Gasteiger partial charge in [-0.15, -0.1) is 24.8 Å². The first-order chi connectivity index (χ1) is 10.7. The molecule has 0 amide bonds. The van der Waals surface area contributed by atoms with E-state index >= 15 is 0 Å². The molecule has 1 fully saturated rings. The van der Waals surface area contributed by atoms with Gasteiger partial charge in [-0.2, -0.15) is 13.2 Å². The van der Waals surface area contributed by atoms with E-state index in [1.807, 2.05) is 12.1 Å². The molecular weight excluding hydrogens is 372 g/mol. The SMILES string of the molecule is CC(C)(C)c1ccc([C@@H](CCC(F)(F)F)N2CCNCC2)cc1.Cl.Cl. The molecule has 2 nitrogen and oxygen atoms in total. The van der Waals surface area contributed by atoms with Crippen molar-refractivity contribution in [3.05, 3.63) is 35.4 Å². The zero-order valence-corrected chi connectivity index (χ0v) is 16.7. The van der Waals surface area contributed by atoms with Crippen molar-refractivity contribution >= 4 is 24.8 Å². The van der Waals surface area contributed by atoms with Crippen molar-refractivity contribution < 1.29 is 13.2 Å². The van der Waals surface area contributed by atoms with Gasteiger partial charge in [-0.3, -0.25) is 4.90 Å². The summed E-state index contributed by atoms with van der Waals surface area (Å²) in [5.41, 5.74) is 2.25. The van der Waals surface area contributed by atoms with Crippen molar-refractivity contribution in [3.63, 3.8) is 0 Å². The maximum absolute atomic E-state index is 12.7. The summed E-state index contributed by atoms with van der Waals surface area (Å²) < 4.78 is 38.1. The Hall–Kier alpha value is -0.490. The van der Waals surface area contributed by atoms with Crippen LogP contribution in [0.5, 0.6) is 0 Å². The number of piperazine rings is 1. The van der Waals surface area contributed by atoms with Crippen LogP contribution in [-0.4, -0.2) is 37.3 Å². The molecule has 1 N–H and O–H groups in total. The number of nitrogens with zero attached hydrogens (tertiary/aromatic N) is 1. The molecule has 0 bridgehead atoms. The van der Waals surface area contributed by atoms with Crippen LogP contribution in [0.3, 0.4) is 0 Å². The standard InChI is InChI=1S/C18H27F3N2.2ClH/c1-17(2,3)15-6-4-14(5-7-15)16(8-9-18(19,20)21)23-12-10-22-11-13-23;;/h4-7,16,22H,8-13H2,1-3H3;2*1H/t16-;;/m1../s1. The van der Waals surface area contributed by atoms with E-state index < -0.39 is 12.6 Å². The minimum Gasteiger partial charge on any atom is -0.314 e. The molecule has 0 saturated carbocycles. The second-order valence-electron chi connectivity index (χ2n) is 7.33. The van der Waals surface area contributed by atoms with E-state index in [1.165, 1.54) is 5.56 Å². The van der Waals surface area contributed by atoms with E-state index in [4.69, 9.17) is 0 Å². The molecule has 0 spiro atoms. The summed E-state index contributed by atoms with van der Waals surface area (Å²) in [4.78, 5) is 2.17. The van der Waals surface area contributed by atoms with Gasteiger partial charge >= 0.3 is 6.18 Å². The van der Waals surface area contributed by atoms with Crippen LogP contribution in [0.25, 0.3) is 0 Å². The maximum atomic E-state index is 12.7. The largest absolute Gasteiger partial charge is 0.389 e. The Morgan fingerprint density at radius 2 is 1.52 bits per heavy atom. The van der Waals surface area contributed by atoms with Crippen LogP contribution in [0.1, 0.15) is 50.8 Å². The Labute approximate surface area is 161 Å². The van der Waals surface area contributed by atoms with E-state index in [1.54, 1.807) is 0 Å². The van der Waals surface area contributed by atoms with Crippen molar-refractivity contribution in [1.29, 1.82) is 0 Å². The third-order valence-electron chi connectivity index (χ3n) is 4.46. The van der Waals surface area contributed by atoms with E-state index in [9.17, 15) is 13.2 Å². The summed E-state index contributed by atoms with van der Waals surface area (Å²) in [6.45, 7) is 9.68. The molecule has 1 heterocycles. The summed E-state index contributed by atoms with van der Waals surface area (Å²) >= 11 is 0. The minimum atomic E-state index is -4.10. The zero-order chi connectivity index (χ0) is 17.1. The fraction of sp³-hybridized carbons (Fsp3) is 0.667. The Morgan fingerprint density at radius 3 is 1.96 bits per heavy atom.